The molecule has 0 bridgehead atoms. The summed E-state index contributed by atoms with van der Waals surface area (Å²) in [4.78, 5) is 23.7. The molecule has 1 fully saturated rings. The molecule has 4 rings (SSSR count). The van der Waals surface area contributed by atoms with Gasteiger partial charge in [-0.25, -0.2) is 14.8 Å². The summed E-state index contributed by atoms with van der Waals surface area (Å²) in [6, 6.07) is 5.57. The molecule has 4 heterocycles. The normalized spacial score (nSPS) is 15.1. The number of nitrogens with zero attached hydrogens (tertiary/aromatic N) is 5. The highest BCUT2D eigenvalue weighted by molar-refractivity contribution is 9.10. The van der Waals surface area contributed by atoms with Crippen LogP contribution in [0.3, 0.4) is 0 Å². The second-order valence-electron chi connectivity index (χ2n) is 8.34. The van der Waals surface area contributed by atoms with Crippen LogP contribution in [0.1, 0.15) is 61.3 Å². The Bertz CT molecular complexity index is 1150. The van der Waals surface area contributed by atoms with Gasteiger partial charge in [0, 0.05) is 25.8 Å². The summed E-state index contributed by atoms with van der Waals surface area (Å²) in [5, 5.41) is 15.8. The van der Waals surface area contributed by atoms with Crippen LogP contribution in [0.2, 0.25) is 0 Å². The first-order chi connectivity index (χ1) is 15.3. The number of methoxy groups -OCH3 is 1. The summed E-state index contributed by atoms with van der Waals surface area (Å²) in [6.07, 6.45) is 2.59. The second-order valence-corrected chi connectivity index (χ2v) is 9.15. The smallest absolute Gasteiger partial charge is 0.354 e. The number of carbonyl (C=O) groups is 1. The number of hydrogen-bond acceptors (Lipinski definition) is 6. The Morgan fingerprint density at radius 3 is 2.56 bits per heavy atom. The molecule has 0 spiro atoms. The van der Waals surface area contributed by atoms with Crippen LogP contribution in [0.5, 0.6) is 0 Å². The zero-order valence-corrected chi connectivity index (χ0v) is 20.4. The van der Waals surface area contributed by atoms with Crippen LogP contribution < -0.4 is 4.90 Å². The van der Waals surface area contributed by atoms with Crippen molar-refractivity contribution in [2.45, 2.75) is 52.1 Å². The average molecular weight is 502 g/mol. The van der Waals surface area contributed by atoms with Crippen LogP contribution in [0.25, 0.3) is 16.9 Å². The lowest BCUT2D eigenvalue weighted by Gasteiger charge is -2.35. The monoisotopic (exact) mass is 501 g/mol. The largest absolute Gasteiger partial charge is 0.476 e. The van der Waals surface area contributed by atoms with Crippen molar-refractivity contribution in [3.63, 3.8) is 0 Å². The summed E-state index contributed by atoms with van der Waals surface area (Å²) in [5.74, 6) is -0.311. The maximum Gasteiger partial charge on any atom is 0.354 e. The Hall–Kier alpha value is -2.52. The number of carboxylic acid groups (broad SMARTS) is 1. The molecule has 1 N–H and O–H groups in total. The van der Waals surface area contributed by atoms with E-state index in [0.29, 0.717) is 22.5 Å². The number of pyridine rings is 2. The second kappa shape index (κ2) is 9.15. The van der Waals surface area contributed by atoms with Crippen molar-refractivity contribution in [3.8, 4) is 5.82 Å². The van der Waals surface area contributed by atoms with E-state index in [2.05, 4.69) is 44.6 Å². The highest BCUT2D eigenvalue weighted by atomic mass is 79.9. The van der Waals surface area contributed by atoms with Crippen LogP contribution in [-0.4, -0.2) is 57.1 Å². The van der Waals surface area contributed by atoms with Crippen LogP contribution in [-0.2, 0) is 11.2 Å². The van der Waals surface area contributed by atoms with Gasteiger partial charge in [0.2, 0.25) is 0 Å². The lowest BCUT2D eigenvalue weighted by atomic mass is 9.97. The molecule has 0 aromatic carbocycles. The van der Waals surface area contributed by atoms with Crippen LogP contribution in [0.4, 0.5) is 5.69 Å². The molecule has 1 saturated heterocycles. The predicted molar refractivity (Wildman–Crippen MR) is 127 cm³/mol. The summed E-state index contributed by atoms with van der Waals surface area (Å²) in [6.45, 7) is 7.76. The fraction of sp³-hybridized carbons (Fsp3) is 0.478. The summed E-state index contributed by atoms with van der Waals surface area (Å²) in [7, 11) is 1.75. The molecular weight excluding hydrogens is 474 g/mol. The van der Waals surface area contributed by atoms with Crippen LogP contribution in [0.15, 0.2) is 22.8 Å². The standard InChI is InChI=1S/C23H28BrN5O3/c1-5-15-20(23(30)31)26-22-18(21(15)28-11-9-14(32-4)10-12-28)19(13(2)3)27-29(22)17-8-6-7-16(24)25-17/h6-8,13-14H,5,9-12H2,1-4H3,(H,30,31). The van der Waals surface area contributed by atoms with Crippen LogP contribution >= 0.6 is 15.9 Å². The summed E-state index contributed by atoms with van der Waals surface area (Å²) < 4.78 is 7.90. The molecule has 3 aromatic heterocycles. The van der Waals surface area contributed by atoms with Gasteiger partial charge in [-0.3, -0.25) is 0 Å². The van der Waals surface area contributed by atoms with Crippen molar-refractivity contribution in [1.82, 2.24) is 19.7 Å². The van der Waals surface area contributed by atoms with E-state index < -0.39 is 5.97 Å². The first-order valence-electron chi connectivity index (χ1n) is 10.9. The van der Waals surface area contributed by atoms with E-state index in [0.717, 1.165) is 48.3 Å². The highest BCUT2D eigenvalue weighted by Crippen LogP contribution is 2.39. The Labute approximate surface area is 195 Å². The molecule has 0 amide bonds. The number of aromatic carboxylic acids is 1. The van der Waals surface area contributed by atoms with Crippen molar-refractivity contribution in [2.75, 3.05) is 25.1 Å². The number of piperidine rings is 1. The fourth-order valence-corrected chi connectivity index (χ4v) is 4.78. The van der Waals surface area contributed by atoms with Gasteiger partial charge in [-0.2, -0.15) is 9.78 Å². The third-order valence-corrected chi connectivity index (χ3v) is 6.47. The van der Waals surface area contributed by atoms with Gasteiger partial charge in [0.1, 0.15) is 4.60 Å². The van der Waals surface area contributed by atoms with Gasteiger partial charge in [0.15, 0.2) is 17.2 Å². The molecule has 8 nitrogen and oxygen atoms in total. The van der Waals surface area contributed by atoms with Crippen molar-refractivity contribution in [1.29, 1.82) is 0 Å². The van der Waals surface area contributed by atoms with Crippen molar-refractivity contribution < 1.29 is 14.6 Å². The van der Waals surface area contributed by atoms with Gasteiger partial charge in [0.25, 0.3) is 0 Å². The molecule has 0 unspecified atom stereocenters. The number of aromatic nitrogens is 4. The Kier molecular flexibility index (Phi) is 6.48. The summed E-state index contributed by atoms with van der Waals surface area (Å²) in [5.41, 5.74) is 3.19. The molecule has 1 aliphatic rings. The number of carboxylic acids is 1. The van der Waals surface area contributed by atoms with E-state index in [1.54, 1.807) is 11.8 Å². The molecule has 0 radical (unpaired) electrons. The zero-order chi connectivity index (χ0) is 23.0. The average Bonchev–Trinajstić information content (AvgIpc) is 3.17. The molecule has 0 aliphatic carbocycles. The minimum Gasteiger partial charge on any atom is -0.476 e. The van der Waals surface area contributed by atoms with Gasteiger partial charge < -0.3 is 14.7 Å². The topological polar surface area (TPSA) is 93.4 Å². The molecule has 32 heavy (non-hydrogen) atoms. The zero-order valence-electron chi connectivity index (χ0n) is 18.8. The van der Waals surface area contributed by atoms with E-state index in [1.165, 1.54) is 0 Å². The van der Waals surface area contributed by atoms with E-state index in [1.807, 2.05) is 25.1 Å². The van der Waals surface area contributed by atoms with Gasteiger partial charge in [-0.1, -0.05) is 26.8 Å². The number of fused-ring (bicyclic) bond motifs is 1. The number of anilines is 1. The molecule has 0 saturated carbocycles. The number of hydrogen-bond donors (Lipinski definition) is 1. The third kappa shape index (κ3) is 3.99. The predicted octanol–water partition coefficient (Wildman–Crippen LogP) is 4.58. The highest BCUT2D eigenvalue weighted by Gasteiger charge is 2.30. The van der Waals surface area contributed by atoms with Crippen molar-refractivity contribution in [2.24, 2.45) is 0 Å². The minimum atomic E-state index is -1.03. The molecule has 1 aliphatic heterocycles. The lowest BCUT2D eigenvalue weighted by Crippen LogP contribution is -2.37. The van der Waals surface area contributed by atoms with Crippen molar-refractivity contribution in [3.05, 3.63) is 39.8 Å². The van der Waals surface area contributed by atoms with Crippen LogP contribution in [0, 0.1) is 0 Å². The molecular formula is C23H28BrN5O3. The Morgan fingerprint density at radius 1 is 1.28 bits per heavy atom. The molecule has 3 aromatic rings. The quantitative estimate of drug-likeness (QED) is 0.494. The third-order valence-electron chi connectivity index (χ3n) is 6.03. The molecule has 9 heteroatoms. The van der Waals surface area contributed by atoms with Gasteiger partial charge in [-0.15, -0.1) is 0 Å². The minimum absolute atomic E-state index is 0.0790. The Morgan fingerprint density at radius 2 is 2.00 bits per heavy atom. The Balaban J connectivity index is 2.04. The van der Waals surface area contributed by atoms with Gasteiger partial charge in [-0.05, 0) is 53.2 Å². The molecule has 170 valence electrons. The SMILES string of the molecule is CCc1c(C(=O)O)nc2c(c(C(C)C)nn2-c2cccc(Br)n2)c1N1CCC(OC)CC1. The van der Waals surface area contributed by atoms with E-state index in [-0.39, 0.29) is 17.7 Å². The number of rotatable bonds is 6. The van der Waals surface area contributed by atoms with Gasteiger partial charge >= 0.3 is 5.97 Å². The maximum absolute atomic E-state index is 12.2. The fourth-order valence-electron chi connectivity index (χ4n) is 4.45. The first-order valence-corrected chi connectivity index (χ1v) is 11.7. The van der Waals surface area contributed by atoms with E-state index in [4.69, 9.17) is 9.84 Å². The van der Waals surface area contributed by atoms with E-state index in [9.17, 15) is 9.90 Å². The summed E-state index contributed by atoms with van der Waals surface area (Å²) >= 11 is 3.42. The maximum atomic E-state index is 12.2. The molecule has 0 atom stereocenters. The van der Waals surface area contributed by atoms with E-state index >= 15 is 0 Å². The lowest BCUT2D eigenvalue weighted by molar-refractivity contribution is 0.0689. The van der Waals surface area contributed by atoms with Gasteiger partial charge in [0.05, 0.1) is 22.9 Å². The number of halogens is 1. The van der Waals surface area contributed by atoms with Crippen molar-refractivity contribution >= 4 is 38.6 Å². The first kappa shape index (κ1) is 22.7. The number of ether oxygens (including phenoxy) is 1.